The number of anilines is 1. The van der Waals surface area contributed by atoms with Crippen LogP contribution in [0.15, 0.2) is 65.2 Å². The van der Waals surface area contributed by atoms with E-state index in [1.54, 1.807) is 6.08 Å². The Bertz CT molecular complexity index is 877. The lowest BCUT2D eigenvalue weighted by Crippen LogP contribution is -2.07. The molecule has 1 amide bonds. The van der Waals surface area contributed by atoms with Crippen molar-refractivity contribution in [1.29, 1.82) is 0 Å². The van der Waals surface area contributed by atoms with Crippen LogP contribution in [0.2, 0.25) is 0 Å². The minimum absolute atomic E-state index is 0.171. The fraction of sp³-hybridized carbons (Fsp3) is 0.143. The van der Waals surface area contributed by atoms with E-state index in [0.717, 1.165) is 34.0 Å². The molecule has 132 valence electrons. The second kappa shape index (κ2) is 8.16. The Morgan fingerprint density at radius 3 is 2.50 bits per heavy atom. The summed E-state index contributed by atoms with van der Waals surface area (Å²) in [6.07, 6.45) is 3.27. The van der Waals surface area contributed by atoms with E-state index in [4.69, 9.17) is 9.26 Å². The molecule has 0 saturated carbocycles. The number of rotatable bonds is 6. The number of benzene rings is 2. The number of nitrogens with zero attached hydrogens (tertiary/aromatic N) is 1. The molecule has 5 nitrogen and oxygen atoms in total. The number of carbonyl (C=O) groups excluding carboxylic acids is 1. The van der Waals surface area contributed by atoms with Gasteiger partial charge >= 0.3 is 0 Å². The van der Waals surface area contributed by atoms with Gasteiger partial charge in [-0.3, -0.25) is 4.79 Å². The van der Waals surface area contributed by atoms with Gasteiger partial charge in [-0.15, -0.1) is 0 Å². The fourth-order valence-electron chi connectivity index (χ4n) is 2.42. The Hall–Kier alpha value is -3.34. The van der Waals surface area contributed by atoms with Gasteiger partial charge in [0.2, 0.25) is 5.91 Å². The third-order valence-corrected chi connectivity index (χ3v) is 3.91. The summed E-state index contributed by atoms with van der Waals surface area (Å²) in [5, 5.41) is 6.72. The number of nitrogens with one attached hydrogen (secondary N) is 1. The SMILES string of the molecule is Cc1noc(C)c1COc1ccc(/C=C/C(=O)Nc2ccccc2)cc1. The van der Waals surface area contributed by atoms with Crippen LogP contribution in [-0.4, -0.2) is 11.1 Å². The normalized spacial score (nSPS) is 10.8. The zero-order chi connectivity index (χ0) is 18.4. The first-order chi connectivity index (χ1) is 12.6. The van der Waals surface area contributed by atoms with Crippen molar-refractivity contribution in [3.05, 3.63) is 83.3 Å². The number of amides is 1. The lowest BCUT2D eigenvalue weighted by atomic mass is 10.2. The number of ether oxygens (including phenoxy) is 1. The smallest absolute Gasteiger partial charge is 0.248 e. The van der Waals surface area contributed by atoms with Crippen LogP contribution in [0.4, 0.5) is 5.69 Å². The molecule has 3 aromatic rings. The minimum atomic E-state index is -0.171. The second-order valence-electron chi connectivity index (χ2n) is 5.85. The number of aromatic nitrogens is 1. The monoisotopic (exact) mass is 348 g/mol. The standard InChI is InChI=1S/C21H20N2O3/c1-15-20(16(2)26-23-15)14-25-19-11-8-17(9-12-19)10-13-21(24)22-18-6-4-3-5-7-18/h3-13H,14H2,1-2H3,(H,22,24)/b13-10+. The molecule has 2 aromatic carbocycles. The number of hydrogen-bond acceptors (Lipinski definition) is 4. The lowest BCUT2D eigenvalue weighted by molar-refractivity contribution is -0.111. The largest absolute Gasteiger partial charge is 0.489 e. The maximum Gasteiger partial charge on any atom is 0.248 e. The number of carbonyl (C=O) groups is 1. The van der Waals surface area contributed by atoms with E-state index in [9.17, 15) is 4.79 Å². The van der Waals surface area contributed by atoms with Gasteiger partial charge in [0.1, 0.15) is 18.1 Å². The Morgan fingerprint density at radius 2 is 1.85 bits per heavy atom. The second-order valence-corrected chi connectivity index (χ2v) is 5.85. The van der Waals surface area contributed by atoms with Gasteiger partial charge in [0.05, 0.1) is 11.3 Å². The molecule has 3 rings (SSSR count). The summed E-state index contributed by atoms with van der Waals surface area (Å²) < 4.78 is 10.9. The van der Waals surface area contributed by atoms with E-state index >= 15 is 0 Å². The number of para-hydroxylation sites is 1. The first-order valence-corrected chi connectivity index (χ1v) is 8.30. The highest BCUT2D eigenvalue weighted by molar-refractivity contribution is 6.01. The summed E-state index contributed by atoms with van der Waals surface area (Å²) in [6, 6.07) is 16.9. The van der Waals surface area contributed by atoms with Gasteiger partial charge in [0.15, 0.2) is 0 Å². The summed E-state index contributed by atoms with van der Waals surface area (Å²) >= 11 is 0. The van der Waals surface area contributed by atoms with Crippen LogP contribution in [0.5, 0.6) is 5.75 Å². The molecule has 0 saturated heterocycles. The maximum absolute atomic E-state index is 11.9. The third-order valence-electron chi connectivity index (χ3n) is 3.91. The van der Waals surface area contributed by atoms with Crippen LogP contribution < -0.4 is 10.1 Å². The summed E-state index contributed by atoms with van der Waals surface area (Å²) in [7, 11) is 0. The van der Waals surface area contributed by atoms with Gasteiger partial charge in [-0.05, 0) is 49.8 Å². The van der Waals surface area contributed by atoms with Crippen LogP contribution in [0.1, 0.15) is 22.6 Å². The average molecular weight is 348 g/mol. The van der Waals surface area contributed by atoms with Gasteiger partial charge < -0.3 is 14.6 Å². The summed E-state index contributed by atoms with van der Waals surface area (Å²) in [5.41, 5.74) is 3.49. The molecule has 0 radical (unpaired) electrons. The summed E-state index contributed by atoms with van der Waals surface area (Å²) in [5.74, 6) is 1.34. The van der Waals surface area contributed by atoms with Crippen molar-refractivity contribution >= 4 is 17.7 Å². The molecular weight excluding hydrogens is 328 g/mol. The Labute approximate surface area is 152 Å². The van der Waals surface area contributed by atoms with Crippen molar-refractivity contribution in [2.24, 2.45) is 0 Å². The van der Waals surface area contributed by atoms with Gasteiger partial charge in [-0.25, -0.2) is 0 Å². The third kappa shape index (κ3) is 4.60. The molecular formula is C21H20N2O3. The van der Waals surface area contributed by atoms with E-state index in [0.29, 0.717) is 6.61 Å². The fourth-order valence-corrected chi connectivity index (χ4v) is 2.42. The van der Waals surface area contributed by atoms with Crippen molar-refractivity contribution in [3.8, 4) is 5.75 Å². The molecule has 0 bridgehead atoms. The predicted octanol–water partition coefficient (Wildman–Crippen LogP) is 4.52. The minimum Gasteiger partial charge on any atom is -0.489 e. The zero-order valence-electron chi connectivity index (χ0n) is 14.7. The molecule has 26 heavy (non-hydrogen) atoms. The molecule has 0 atom stereocenters. The molecule has 1 aromatic heterocycles. The average Bonchev–Trinajstić information content (AvgIpc) is 2.98. The van der Waals surface area contributed by atoms with Crippen LogP contribution in [0.25, 0.3) is 6.08 Å². The van der Waals surface area contributed by atoms with E-state index in [1.165, 1.54) is 6.08 Å². The van der Waals surface area contributed by atoms with Gasteiger partial charge in [0.25, 0.3) is 0 Å². The van der Waals surface area contributed by atoms with Crippen LogP contribution >= 0.6 is 0 Å². The van der Waals surface area contributed by atoms with Crippen LogP contribution in [0.3, 0.4) is 0 Å². The molecule has 0 aliphatic heterocycles. The van der Waals surface area contributed by atoms with Gasteiger partial charge in [0, 0.05) is 11.8 Å². The van der Waals surface area contributed by atoms with Crippen LogP contribution in [-0.2, 0) is 11.4 Å². The summed E-state index contributed by atoms with van der Waals surface area (Å²) in [4.78, 5) is 11.9. The van der Waals surface area contributed by atoms with Crippen molar-refractivity contribution in [1.82, 2.24) is 5.16 Å². The molecule has 0 aliphatic carbocycles. The molecule has 5 heteroatoms. The van der Waals surface area contributed by atoms with Gasteiger partial charge in [-0.1, -0.05) is 35.5 Å². The maximum atomic E-state index is 11.9. The van der Waals surface area contributed by atoms with Crippen molar-refractivity contribution in [3.63, 3.8) is 0 Å². The summed E-state index contributed by atoms with van der Waals surface area (Å²) in [6.45, 7) is 4.17. The molecule has 0 unspecified atom stereocenters. The molecule has 0 spiro atoms. The van der Waals surface area contributed by atoms with E-state index in [1.807, 2.05) is 68.4 Å². The Kier molecular flexibility index (Phi) is 5.49. The highest BCUT2D eigenvalue weighted by Crippen LogP contribution is 2.18. The molecule has 1 N–H and O–H groups in total. The first kappa shape index (κ1) is 17.5. The Morgan fingerprint density at radius 1 is 1.12 bits per heavy atom. The van der Waals surface area contributed by atoms with Crippen LogP contribution in [0, 0.1) is 13.8 Å². The van der Waals surface area contributed by atoms with E-state index < -0.39 is 0 Å². The molecule has 0 fully saturated rings. The highest BCUT2D eigenvalue weighted by atomic mass is 16.5. The van der Waals surface area contributed by atoms with Crippen molar-refractivity contribution < 1.29 is 14.1 Å². The van der Waals surface area contributed by atoms with E-state index in [-0.39, 0.29) is 5.91 Å². The quantitative estimate of drug-likeness (QED) is 0.665. The predicted molar refractivity (Wildman–Crippen MR) is 101 cm³/mol. The topological polar surface area (TPSA) is 64.4 Å². The number of hydrogen-bond donors (Lipinski definition) is 1. The molecule has 1 heterocycles. The lowest BCUT2D eigenvalue weighted by Gasteiger charge is -2.06. The zero-order valence-corrected chi connectivity index (χ0v) is 14.7. The van der Waals surface area contributed by atoms with E-state index in [2.05, 4.69) is 10.5 Å². The number of aryl methyl sites for hydroxylation is 2. The Balaban J connectivity index is 1.55. The highest BCUT2D eigenvalue weighted by Gasteiger charge is 2.09. The van der Waals surface area contributed by atoms with Crippen molar-refractivity contribution in [2.45, 2.75) is 20.5 Å². The first-order valence-electron chi connectivity index (χ1n) is 8.30. The van der Waals surface area contributed by atoms with Crippen molar-refractivity contribution in [2.75, 3.05) is 5.32 Å². The molecule has 0 aliphatic rings. The van der Waals surface area contributed by atoms with Gasteiger partial charge in [-0.2, -0.15) is 0 Å².